The van der Waals surface area contributed by atoms with Crippen molar-refractivity contribution in [1.82, 2.24) is 20.2 Å². The van der Waals surface area contributed by atoms with E-state index in [0.717, 1.165) is 0 Å². The molecule has 1 aliphatic rings. The van der Waals surface area contributed by atoms with E-state index in [2.05, 4.69) is 20.2 Å². The lowest BCUT2D eigenvalue weighted by atomic mass is 9.94. The van der Waals surface area contributed by atoms with Gasteiger partial charge in [-0.15, -0.1) is 0 Å². The lowest BCUT2D eigenvalue weighted by molar-refractivity contribution is -0.263. The van der Waals surface area contributed by atoms with Crippen molar-refractivity contribution < 1.29 is 18.3 Å². The minimum atomic E-state index is -4.61. The highest BCUT2D eigenvalue weighted by Gasteiger charge is 2.53. The van der Waals surface area contributed by atoms with E-state index < -0.39 is 11.8 Å². The summed E-state index contributed by atoms with van der Waals surface area (Å²) in [6.07, 6.45) is -2.16. The van der Waals surface area contributed by atoms with Crippen molar-refractivity contribution in [2.45, 2.75) is 31.0 Å². The fraction of sp³-hybridized carbons (Fsp3) is 0.583. The number of aliphatic hydroxyl groups is 1. The van der Waals surface area contributed by atoms with Crippen molar-refractivity contribution in [3.8, 4) is 0 Å². The number of halogens is 3. The number of nitrogens with zero attached hydrogens (tertiary/aromatic N) is 4. The molecule has 9 heteroatoms. The zero-order valence-corrected chi connectivity index (χ0v) is 11.1. The second-order valence-corrected chi connectivity index (χ2v) is 5.20. The van der Waals surface area contributed by atoms with Crippen LogP contribution < -0.4 is 4.90 Å². The van der Waals surface area contributed by atoms with Crippen LogP contribution in [0, 0.1) is 0 Å². The van der Waals surface area contributed by atoms with Gasteiger partial charge in [-0.2, -0.15) is 18.3 Å². The normalized spacial score (nSPS) is 24.3. The number of H-pyrrole nitrogens is 1. The average molecular weight is 301 g/mol. The van der Waals surface area contributed by atoms with Gasteiger partial charge >= 0.3 is 6.18 Å². The molecule has 3 rings (SSSR count). The van der Waals surface area contributed by atoms with E-state index in [1.54, 1.807) is 11.1 Å². The Morgan fingerprint density at radius 1 is 1.24 bits per heavy atom. The molecule has 21 heavy (non-hydrogen) atoms. The zero-order chi connectivity index (χ0) is 15.1. The topological polar surface area (TPSA) is 77.9 Å². The molecule has 0 saturated carbocycles. The minimum absolute atomic E-state index is 0.0767. The number of alkyl halides is 3. The summed E-state index contributed by atoms with van der Waals surface area (Å²) < 4.78 is 38.8. The van der Waals surface area contributed by atoms with Gasteiger partial charge < -0.3 is 10.0 Å². The van der Waals surface area contributed by atoms with Crippen molar-refractivity contribution in [3.63, 3.8) is 0 Å². The second-order valence-electron chi connectivity index (χ2n) is 5.20. The summed E-state index contributed by atoms with van der Waals surface area (Å²) in [6, 6.07) is 0. The number of hydrogen-bond donors (Lipinski definition) is 2. The van der Waals surface area contributed by atoms with E-state index in [9.17, 15) is 18.3 Å². The summed E-state index contributed by atoms with van der Waals surface area (Å²) in [7, 11) is 0. The maximum Gasteiger partial charge on any atom is 0.417 e. The Kier molecular flexibility index (Phi) is 3.23. The quantitative estimate of drug-likeness (QED) is 0.837. The third kappa shape index (κ3) is 2.41. The highest BCUT2D eigenvalue weighted by atomic mass is 19.4. The summed E-state index contributed by atoms with van der Waals surface area (Å²) in [6.45, 7) is 0.475. The molecule has 3 heterocycles. The fourth-order valence-corrected chi connectivity index (χ4v) is 2.62. The van der Waals surface area contributed by atoms with Crippen molar-refractivity contribution >= 4 is 16.9 Å². The third-order valence-corrected chi connectivity index (χ3v) is 3.87. The van der Waals surface area contributed by atoms with Crippen LogP contribution in [-0.4, -0.2) is 50.1 Å². The maximum atomic E-state index is 12.9. The van der Waals surface area contributed by atoms with Gasteiger partial charge in [0.1, 0.15) is 12.1 Å². The molecule has 0 bridgehead atoms. The number of hydrogen-bond acceptors (Lipinski definition) is 5. The van der Waals surface area contributed by atoms with E-state index >= 15 is 0 Å². The molecular weight excluding hydrogens is 287 g/mol. The number of fused-ring (bicyclic) bond motifs is 1. The van der Waals surface area contributed by atoms with Crippen LogP contribution in [0.25, 0.3) is 11.0 Å². The number of rotatable bonds is 1. The monoisotopic (exact) mass is 301 g/mol. The Morgan fingerprint density at radius 2 is 2.05 bits per heavy atom. The van der Waals surface area contributed by atoms with E-state index in [0.29, 0.717) is 23.4 Å². The number of nitrogens with one attached hydrogen (secondary N) is 1. The van der Waals surface area contributed by atoms with E-state index in [4.69, 9.17) is 0 Å². The van der Waals surface area contributed by atoms with Crippen LogP contribution in [0.2, 0.25) is 0 Å². The van der Waals surface area contributed by atoms with Crippen LogP contribution in [0.5, 0.6) is 0 Å². The van der Waals surface area contributed by atoms with Crippen LogP contribution in [0.15, 0.2) is 12.5 Å². The molecule has 0 radical (unpaired) electrons. The second kappa shape index (κ2) is 4.83. The third-order valence-electron chi connectivity index (χ3n) is 3.87. The van der Waals surface area contributed by atoms with Gasteiger partial charge in [0.25, 0.3) is 0 Å². The molecule has 2 N–H and O–H groups in total. The van der Waals surface area contributed by atoms with Gasteiger partial charge in [0.2, 0.25) is 0 Å². The summed E-state index contributed by atoms with van der Waals surface area (Å²) in [4.78, 5) is 9.89. The average Bonchev–Trinajstić information content (AvgIpc) is 2.80. The standard InChI is InChI=1S/C12H14F3N5O/c13-12(14,15)11(21)2-1-4-20(5-3-11)10-8-6-18-19-9(8)16-7-17-10/h6-7,21H,1-5H2,(H,16,17,18,19)/t11-/m0/s1. The van der Waals surface area contributed by atoms with Gasteiger partial charge in [0.15, 0.2) is 11.2 Å². The summed E-state index contributed by atoms with van der Waals surface area (Å²) in [5.41, 5.74) is -2.08. The minimum Gasteiger partial charge on any atom is -0.380 e. The van der Waals surface area contributed by atoms with Crippen molar-refractivity contribution in [2.24, 2.45) is 0 Å². The largest absolute Gasteiger partial charge is 0.417 e. The molecule has 0 spiro atoms. The molecule has 0 amide bonds. The van der Waals surface area contributed by atoms with Crippen LogP contribution in [0.3, 0.4) is 0 Å². The first kappa shape index (κ1) is 14.1. The molecule has 1 atom stereocenters. The Labute approximate surface area is 118 Å². The van der Waals surface area contributed by atoms with E-state index in [1.165, 1.54) is 6.33 Å². The molecule has 0 aliphatic carbocycles. The van der Waals surface area contributed by atoms with Gasteiger partial charge in [-0.05, 0) is 12.8 Å². The van der Waals surface area contributed by atoms with Crippen molar-refractivity contribution in [2.75, 3.05) is 18.0 Å². The fourth-order valence-electron chi connectivity index (χ4n) is 2.62. The molecular formula is C12H14F3N5O. The van der Waals surface area contributed by atoms with E-state index in [-0.39, 0.29) is 25.8 Å². The molecule has 114 valence electrons. The highest BCUT2D eigenvalue weighted by Crippen LogP contribution is 2.39. The number of anilines is 1. The maximum absolute atomic E-state index is 12.9. The lowest BCUT2D eigenvalue weighted by Gasteiger charge is -2.29. The predicted molar refractivity (Wildman–Crippen MR) is 68.8 cm³/mol. The molecule has 0 unspecified atom stereocenters. The zero-order valence-electron chi connectivity index (χ0n) is 11.1. The molecule has 1 aliphatic heterocycles. The van der Waals surface area contributed by atoms with Crippen LogP contribution in [0.1, 0.15) is 19.3 Å². The highest BCUT2D eigenvalue weighted by molar-refractivity contribution is 5.86. The molecule has 1 fully saturated rings. The summed E-state index contributed by atoms with van der Waals surface area (Å²) >= 11 is 0. The number of aromatic amines is 1. The molecule has 2 aromatic heterocycles. The van der Waals surface area contributed by atoms with Crippen molar-refractivity contribution in [3.05, 3.63) is 12.5 Å². The Morgan fingerprint density at radius 3 is 2.81 bits per heavy atom. The Balaban J connectivity index is 1.87. The van der Waals surface area contributed by atoms with Gasteiger partial charge in [0, 0.05) is 19.5 Å². The van der Waals surface area contributed by atoms with Gasteiger partial charge in [-0.3, -0.25) is 5.10 Å². The Bertz CT molecular complexity index is 643. The van der Waals surface area contributed by atoms with Crippen LogP contribution >= 0.6 is 0 Å². The molecule has 1 saturated heterocycles. The smallest absolute Gasteiger partial charge is 0.380 e. The first-order valence-corrected chi connectivity index (χ1v) is 6.59. The van der Waals surface area contributed by atoms with Gasteiger partial charge in [-0.25, -0.2) is 9.97 Å². The Hall–Kier alpha value is -1.90. The summed E-state index contributed by atoms with van der Waals surface area (Å²) in [5.74, 6) is 0.542. The van der Waals surface area contributed by atoms with Gasteiger partial charge in [0.05, 0.1) is 11.6 Å². The molecule has 6 nitrogen and oxygen atoms in total. The summed E-state index contributed by atoms with van der Waals surface area (Å²) in [5, 5.41) is 17.0. The lowest BCUT2D eigenvalue weighted by Crippen LogP contribution is -2.45. The number of aromatic nitrogens is 4. The molecule has 0 aromatic carbocycles. The first-order valence-electron chi connectivity index (χ1n) is 6.59. The SMILES string of the molecule is O[C@@]1(C(F)(F)F)CCCN(c2ncnc3[nH]ncc23)CC1. The van der Waals surface area contributed by atoms with Crippen LogP contribution in [0.4, 0.5) is 19.0 Å². The molecule has 2 aromatic rings. The van der Waals surface area contributed by atoms with Crippen LogP contribution in [-0.2, 0) is 0 Å². The predicted octanol–water partition coefficient (Wildman–Crippen LogP) is 1.64. The van der Waals surface area contributed by atoms with Crippen molar-refractivity contribution in [1.29, 1.82) is 0 Å². The first-order chi connectivity index (χ1) is 9.91. The van der Waals surface area contributed by atoms with Gasteiger partial charge in [-0.1, -0.05) is 0 Å². The van der Waals surface area contributed by atoms with E-state index in [1.807, 2.05) is 0 Å².